The van der Waals surface area contributed by atoms with Gasteiger partial charge in [0.2, 0.25) is 5.78 Å². The van der Waals surface area contributed by atoms with Gasteiger partial charge in [-0.3, -0.25) is 18.4 Å². The minimum atomic E-state index is -0.0487. The van der Waals surface area contributed by atoms with Gasteiger partial charge in [-0.2, -0.15) is 0 Å². The fourth-order valence-electron chi connectivity index (χ4n) is 2.61. The minimum absolute atomic E-state index is 0.0358. The molecule has 0 amide bonds. The van der Waals surface area contributed by atoms with Gasteiger partial charge in [-0.25, -0.2) is 9.97 Å². The Morgan fingerprint density at radius 1 is 0.893 bits per heavy atom. The smallest absolute Gasteiger partial charge is 0.205 e. The van der Waals surface area contributed by atoms with E-state index in [0.717, 1.165) is 11.3 Å². The van der Waals surface area contributed by atoms with Crippen LogP contribution in [0.5, 0.6) is 0 Å². The van der Waals surface area contributed by atoms with Crippen LogP contribution in [0.4, 0.5) is 0 Å². The fraction of sp³-hybridized carbons (Fsp3) is 0.143. The second kappa shape index (κ2) is 8.30. The largest absolute Gasteiger partial charge is 0.383 e. The molecule has 0 spiro atoms. The first-order valence-corrected chi connectivity index (χ1v) is 8.71. The van der Waals surface area contributed by atoms with E-state index in [1.807, 2.05) is 67.8 Å². The van der Waals surface area contributed by atoms with Gasteiger partial charge >= 0.3 is 0 Å². The maximum atomic E-state index is 11.8. The summed E-state index contributed by atoms with van der Waals surface area (Å²) < 4.78 is 3.56. The van der Waals surface area contributed by atoms with E-state index in [-0.39, 0.29) is 11.6 Å². The SMILES string of the molecule is CC(=O)c1cnc2ccccn12.CN(C)/C=C/C(=O)c1cnc2ccccn12. The fourth-order valence-corrected chi connectivity index (χ4v) is 2.61. The summed E-state index contributed by atoms with van der Waals surface area (Å²) in [5.74, 6) is -0.0129. The molecular formula is C21H21N5O2. The molecule has 0 N–H and O–H groups in total. The Balaban J connectivity index is 0.000000167. The predicted octanol–water partition coefficient (Wildman–Crippen LogP) is 3.13. The van der Waals surface area contributed by atoms with Crippen LogP contribution in [0.15, 0.2) is 73.5 Å². The number of fused-ring (bicyclic) bond motifs is 2. The van der Waals surface area contributed by atoms with Crippen LogP contribution in [0.25, 0.3) is 11.3 Å². The standard InChI is InChI=1S/C12H13N3O.C9H8N2O/c1-14(2)8-6-11(16)10-9-13-12-5-3-4-7-15(10)12;1-7(12)8-6-10-9-4-2-3-5-11(8)9/h3-9H,1-2H3;2-6H,1H3/b8-6+;. The molecule has 7 nitrogen and oxygen atoms in total. The molecule has 0 saturated carbocycles. The average molecular weight is 375 g/mol. The summed E-state index contributed by atoms with van der Waals surface area (Å²) in [4.78, 5) is 33.0. The Hall–Kier alpha value is -3.74. The zero-order chi connectivity index (χ0) is 20.1. The van der Waals surface area contributed by atoms with Crippen LogP contribution >= 0.6 is 0 Å². The molecule has 0 aliphatic heterocycles. The highest BCUT2D eigenvalue weighted by molar-refractivity contribution is 6.03. The first-order chi connectivity index (χ1) is 13.5. The van der Waals surface area contributed by atoms with E-state index in [0.29, 0.717) is 11.4 Å². The predicted molar refractivity (Wildman–Crippen MR) is 108 cm³/mol. The van der Waals surface area contributed by atoms with Crippen molar-refractivity contribution in [2.75, 3.05) is 14.1 Å². The van der Waals surface area contributed by atoms with Crippen molar-refractivity contribution in [3.63, 3.8) is 0 Å². The molecule has 0 aliphatic rings. The number of nitrogens with zero attached hydrogens (tertiary/aromatic N) is 5. The maximum Gasteiger partial charge on any atom is 0.205 e. The Bertz CT molecular complexity index is 1150. The van der Waals surface area contributed by atoms with Crippen LogP contribution in [0, 0.1) is 0 Å². The van der Waals surface area contributed by atoms with Gasteiger partial charge in [-0.15, -0.1) is 0 Å². The molecule has 0 aliphatic carbocycles. The third-order valence-electron chi connectivity index (χ3n) is 3.97. The Morgan fingerprint density at radius 3 is 1.96 bits per heavy atom. The van der Waals surface area contributed by atoms with Crippen molar-refractivity contribution < 1.29 is 9.59 Å². The summed E-state index contributed by atoms with van der Waals surface area (Å²) in [6.45, 7) is 1.54. The van der Waals surface area contributed by atoms with Crippen LogP contribution < -0.4 is 0 Å². The van der Waals surface area contributed by atoms with E-state index in [9.17, 15) is 9.59 Å². The van der Waals surface area contributed by atoms with Gasteiger partial charge in [-0.05, 0) is 24.3 Å². The zero-order valence-corrected chi connectivity index (χ0v) is 16.0. The van der Waals surface area contributed by atoms with Crippen LogP contribution in [-0.4, -0.2) is 49.3 Å². The molecule has 4 rings (SSSR count). The van der Waals surface area contributed by atoms with Gasteiger partial charge in [0.25, 0.3) is 0 Å². The van der Waals surface area contributed by atoms with Crippen molar-refractivity contribution in [1.82, 2.24) is 23.7 Å². The number of Topliss-reactive ketones (excluding diaryl/α,β-unsaturated/α-hetero) is 1. The van der Waals surface area contributed by atoms with Crippen LogP contribution in [0.1, 0.15) is 27.9 Å². The molecule has 0 fully saturated rings. The number of aromatic nitrogens is 4. The maximum absolute atomic E-state index is 11.8. The molecule has 4 aromatic rings. The van der Waals surface area contributed by atoms with Crippen molar-refractivity contribution in [3.8, 4) is 0 Å². The minimum Gasteiger partial charge on any atom is -0.383 e. The monoisotopic (exact) mass is 375 g/mol. The second-order valence-corrected chi connectivity index (χ2v) is 6.34. The highest BCUT2D eigenvalue weighted by atomic mass is 16.1. The highest BCUT2D eigenvalue weighted by Gasteiger charge is 2.08. The van der Waals surface area contributed by atoms with E-state index in [1.54, 1.807) is 27.4 Å². The highest BCUT2D eigenvalue weighted by Crippen LogP contribution is 2.07. The number of ketones is 2. The van der Waals surface area contributed by atoms with Gasteiger partial charge in [0.1, 0.15) is 22.7 Å². The molecule has 4 heterocycles. The topological polar surface area (TPSA) is 72.0 Å². The van der Waals surface area contributed by atoms with Crippen LogP contribution in [-0.2, 0) is 0 Å². The summed E-state index contributed by atoms with van der Waals surface area (Å²) in [6.07, 6.45) is 10.1. The lowest BCUT2D eigenvalue weighted by atomic mass is 10.3. The number of allylic oxidation sites excluding steroid dienone is 1. The summed E-state index contributed by atoms with van der Waals surface area (Å²) in [6, 6.07) is 11.3. The lowest BCUT2D eigenvalue weighted by molar-refractivity contribution is 0.101. The quantitative estimate of drug-likeness (QED) is 0.405. The van der Waals surface area contributed by atoms with Gasteiger partial charge in [0.15, 0.2) is 5.78 Å². The molecule has 0 radical (unpaired) electrons. The lowest BCUT2D eigenvalue weighted by Gasteiger charge is -2.02. The number of carbonyl (C=O) groups excluding carboxylic acids is 2. The Labute approximate surface area is 162 Å². The third kappa shape index (κ3) is 4.15. The van der Waals surface area contributed by atoms with Crippen molar-refractivity contribution in [3.05, 3.63) is 84.8 Å². The van der Waals surface area contributed by atoms with E-state index in [1.165, 1.54) is 13.0 Å². The van der Waals surface area contributed by atoms with Gasteiger partial charge in [0.05, 0.1) is 12.4 Å². The molecule has 0 saturated heterocycles. The van der Waals surface area contributed by atoms with Crippen molar-refractivity contribution in [1.29, 1.82) is 0 Å². The van der Waals surface area contributed by atoms with Crippen molar-refractivity contribution in [2.24, 2.45) is 0 Å². The van der Waals surface area contributed by atoms with Crippen LogP contribution in [0.2, 0.25) is 0 Å². The lowest BCUT2D eigenvalue weighted by Crippen LogP contribution is -2.04. The number of hydrogen-bond acceptors (Lipinski definition) is 5. The first-order valence-electron chi connectivity index (χ1n) is 8.71. The van der Waals surface area contributed by atoms with E-state index < -0.39 is 0 Å². The third-order valence-corrected chi connectivity index (χ3v) is 3.97. The molecule has 142 valence electrons. The average Bonchev–Trinajstić information content (AvgIpc) is 3.31. The van der Waals surface area contributed by atoms with Gasteiger partial charge in [0, 0.05) is 45.7 Å². The Kier molecular flexibility index (Phi) is 5.64. The van der Waals surface area contributed by atoms with Gasteiger partial charge < -0.3 is 4.90 Å². The van der Waals surface area contributed by atoms with Gasteiger partial charge in [-0.1, -0.05) is 12.1 Å². The number of carbonyl (C=O) groups is 2. The van der Waals surface area contributed by atoms with E-state index in [4.69, 9.17) is 0 Å². The summed E-state index contributed by atoms with van der Waals surface area (Å²) in [5, 5.41) is 0. The van der Waals surface area contributed by atoms with E-state index in [2.05, 4.69) is 9.97 Å². The van der Waals surface area contributed by atoms with Crippen molar-refractivity contribution in [2.45, 2.75) is 6.92 Å². The number of imidazole rings is 2. The molecule has 0 aromatic carbocycles. The first kappa shape index (κ1) is 19.0. The second-order valence-electron chi connectivity index (χ2n) is 6.34. The number of hydrogen-bond donors (Lipinski definition) is 0. The van der Waals surface area contributed by atoms with Crippen LogP contribution in [0.3, 0.4) is 0 Å². The number of pyridine rings is 2. The summed E-state index contributed by atoms with van der Waals surface area (Å²) in [5.41, 5.74) is 2.80. The molecule has 0 unspecified atom stereocenters. The van der Waals surface area contributed by atoms with Crippen molar-refractivity contribution >= 4 is 22.9 Å². The molecule has 7 heteroatoms. The molecular weight excluding hydrogens is 354 g/mol. The molecule has 0 atom stereocenters. The van der Waals surface area contributed by atoms with E-state index >= 15 is 0 Å². The number of rotatable bonds is 4. The zero-order valence-electron chi connectivity index (χ0n) is 16.0. The Morgan fingerprint density at radius 2 is 1.43 bits per heavy atom. The molecule has 28 heavy (non-hydrogen) atoms. The summed E-state index contributed by atoms with van der Waals surface area (Å²) in [7, 11) is 3.75. The summed E-state index contributed by atoms with van der Waals surface area (Å²) >= 11 is 0. The molecule has 0 bridgehead atoms. The normalized spacial score (nSPS) is 10.8. The molecule has 4 aromatic heterocycles.